The number of nitrogens with one attached hydrogen (secondary N) is 1. The summed E-state index contributed by atoms with van der Waals surface area (Å²) in [5.74, 6) is 0.835. The highest BCUT2D eigenvalue weighted by Gasteiger charge is 2.22. The van der Waals surface area contributed by atoms with Gasteiger partial charge >= 0.3 is 0 Å². The normalized spacial score (nSPS) is 18.4. The zero-order valence-corrected chi connectivity index (χ0v) is 12.4. The fraction of sp³-hybridized carbons (Fsp3) is 0.412. The summed E-state index contributed by atoms with van der Waals surface area (Å²) in [6.07, 6.45) is 2.43. The molecule has 1 aromatic heterocycles. The van der Waals surface area contributed by atoms with Crippen molar-refractivity contribution in [1.29, 1.82) is 0 Å². The summed E-state index contributed by atoms with van der Waals surface area (Å²) in [6, 6.07) is 8.83. The van der Waals surface area contributed by atoms with Crippen molar-refractivity contribution in [2.24, 2.45) is 0 Å². The molecule has 1 fully saturated rings. The topological polar surface area (TPSA) is 37.8 Å². The minimum Gasteiger partial charge on any atom is -0.310 e. The second-order valence-corrected chi connectivity index (χ2v) is 5.65. The highest BCUT2D eigenvalue weighted by molar-refractivity contribution is 5.56. The van der Waals surface area contributed by atoms with Crippen molar-refractivity contribution in [3.05, 3.63) is 46.8 Å². The van der Waals surface area contributed by atoms with Crippen molar-refractivity contribution >= 4 is 0 Å². The van der Waals surface area contributed by atoms with Crippen LogP contribution in [0.4, 0.5) is 0 Å². The van der Waals surface area contributed by atoms with Crippen molar-refractivity contribution in [3.8, 4) is 11.4 Å². The molecule has 2 heterocycles. The van der Waals surface area contributed by atoms with Gasteiger partial charge in [-0.15, -0.1) is 0 Å². The standard InChI is InChI=1S/C17H21N3/c1-11-6-8-14(9-7-11)17-19-12(2)16(13(3)20-17)15-5-4-10-18-15/h6-9,15,18H,4-5,10H2,1-3H3. The molecule has 0 saturated carbocycles. The Bertz CT molecular complexity index is 588. The van der Waals surface area contributed by atoms with Crippen molar-refractivity contribution in [1.82, 2.24) is 15.3 Å². The highest BCUT2D eigenvalue weighted by atomic mass is 15.0. The largest absolute Gasteiger partial charge is 0.310 e. The molecule has 1 aliphatic rings. The van der Waals surface area contributed by atoms with Gasteiger partial charge in [-0.1, -0.05) is 29.8 Å². The summed E-state index contributed by atoms with van der Waals surface area (Å²) in [7, 11) is 0. The van der Waals surface area contributed by atoms with Gasteiger partial charge in [-0.3, -0.25) is 0 Å². The van der Waals surface area contributed by atoms with Crippen molar-refractivity contribution in [2.75, 3.05) is 6.54 Å². The summed E-state index contributed by atoms with van der Waals surface area (Å²) in [5, 5.41) is 3.54. The van der Waals surface area contributed by atoms with Crippen LogP contribution >= 0.6 is 0 Å². The lowest BCUT2D eigenvalue weighted by Crippen LogP contribution is -2.17. The molecule has 3 nitrogen and oxygen atoms in total. The predicted molar refractivity (Wildman–Crippen MR) is 81.7 cm³/mol. The van der Waals surface area contributed by atoms with Gasteiger partial charge in [0.2, 0.25) is 0 Å². The zero-order chi connectivity index (χ0) is 14.1. The lowest BCUT2D eigenvalue weighted by molar-refractivity contribution is 0.630. The molecule has 0 spiro atoms. The summed E-state index contributed by atoms with van der Waals surface area (Å²) in [5.41, 5.74) is 5.85. The van der Waals surface area contributed by atoms with Gasteiger partial charge in [0.1, 0.15) is 0 Å². The van der Waals surface area contributed by atoms with Gasteiger partial charge in [0.25, 0.3) is 0 Å². The van der Waals surface area contributed by atoms with Gasteiger partial charge in [-0.2, -0.15) is 0 Å². The monoisotopic (exact) mass is 267 g/mol. The van der Waals surface area contributed by atoms with Crippen LogP contribution in [0.25, 0.3) is 11.4 Å². The van der Waals surface area contributed by atoms with E-state index in [1.165, 1.54) is 24.0 Å². The molecule has 20 heavy (non-hydrogen) atoms. The molecular formula is C17H21N3. The maximum absolute atomic E-state index is 4.73. The minimum absolute atomic E-state index is 0.432. The third kappa shape index (κ3) is 2.46. The quantitative estimate of drug-likeness (QED) is 0.905. The second-order valence-electron chi connectivity index (χ2n) is 5.65. The van der Waals surface area contributed by atoms with Crippen LogP contribution in [-0.2, 0) is 0 Å². The van der Waals surface area contributed by atoms with E-state index >= 15 is 0 Å². The number of benzene rings is 1. The summed E-state index contributed by atoms with van der Waals surface area (Å²) >= 11 is 0. The molecule has 1 saturated heterocycles. The first kappa shape index (κ1) is 13.3. The zero-order valence-electron chi connectivity index (χ0n) is 12.4. The van der Waals surface area contributed by atoms with E-state index in [2.05, 4.69) is 50.4 Å². The molecule has 1 atom stereocenters. The third-order valence-corrected chi connectivity index (χ3v) is 4.05. The van der Waals surface area contributed by atoms with E-state index in [1.807, 2.05) is 0 Å². The first-order valence-electron chi connectivity index (χ1n) is 7.30. The van der Waals surface area contributed by atoms with Crippen LogP contribution in [0.2, 0.25) is 0 Å². The minimum atomic E-state index is 0.432. The van der Waals surface area contributed by atoms with Crippen LogP contribution in [-0.4, -0.2) is 16.5 Å². The number of hydrogen-bond donors (Lipinski definition) is 1. The maximum atomic E-state index is 4.73. The molecule has 1 aromatic carbocycles. The van der Waals surface area contributed by atoms with E-state index in [-0.39, 0.29) is 0 Å². The smallest absolute Gasteiger partial charge is 0.159 e. The van der Waals surface area contributed by atoms with Crippen LogP contribution in [0.15, 0.2) is 24.3 Å². The van der Waals surface area contributed by atoms with Gasteiger partial charge in [-0.25, -0.2) is 9.97 Å². The molecule has 3 rings (SSSR count). The van der Waals surface area contributed by atoms with E-state index < -0.39 is 0 Å². The maximum Gasteiger partial charge on any atom is 0.159 e. The summed E-state index contributed by atoms with van der Waals surface area (Å²) in [6.45, 7) is 7.39. The molecule has 2 aromatic rings. The molecule has 3 heteroatoms. The highest BCUT2D eigenvalue weighted by Crippen LogP contribution is 2.28. The molecule has 0 bridgehead atoms. The SMILES string of the molecule is Cc1ccc(-c2nc(C)c(C3CCCN3)c(C)n2)cc1. The van der Waals surface area contributed by atoms with Crippen LogP contribution in [0.3, 0.4) is 0 Å². The Morgan fingerprint density at radius 2 is 1.65 bits per heavy atom. The number of nitrogens with zero attached hydrogens (tertiary/aromatic N) is 2. The molecule has 1 aliphatic heterocycles. The molecule has 1 unspecified atom stereocenters. The number of aromatic nitrogens is 2. The first-order chi connectivity index (χ1) is 9.65. The van der Waals surface area contributed by atoms with Crippen molar-refractivity contribution < 1.29 is 0 Å². The number of rotatable bonds is 2. The third-order valence-electron chi connectivity index (χ3n) is 4.05. The van der Waals surface area contributed by atoms with Gasteiger partial charge in [0.05, 0.1) is 0 Å². The van der Waals surface area contributed by atoms with E-state index in [1.54, 1.807) is 0 Å². The Morgan fingerprint density at radius 3 is 2.20 bits per heavy atom. The fourth-order valence-corrected chi connectivity index (χ4v) is 2.99. The van der Waals surface area contributed by atoms with Crippen LogP contribution in [0.5, 0.6) is 0 Å². The number of aryl methyl sites for hydroxylation is 3. The van der Waals surface area contributed by atoms with E-state index in [0.29, 0.717) is 6.04 Å². The lowest BCUT2D eigenvalue weighted by Gasteiger charge is -2.16. The van der Waals surface area contributed by atoms with Crippen LogP contribution < -0.4 is 5.32 Å². The Kier molecular flexibility index (Phi) is 3.53. The van der Waals surface area contributed by atoms with Gasteiger partial charge in [0.15, 0.2) is 5.82 Å². The van der Waals surface area contributed by atoms with Gasteiger partial charge in [0, 0.05) is 28.6 Å². The predicted octanol–water partition coefficient (Wildman–Crippen LogP) is 3.49. The second kappa shape index (κ2) is 5.33. The van der Waals surface area contributed by atoms with Crippen molar-refractivity contribution in [2.45, 2.75) is 39.7 Å². The van der Waals surface area contributed by atoms with Gasteiger partial charge in [-0.05, 0) is 40.2 Å². The molecule has 104 valence electrons. The Morgan fingerprint density at radius 1 is 1.00 bits per heavy atom. The van der Waals surface area contributed by atoms with Gasteiger partial charge < -0.3 is 5.32 Å². The average molecular weight is 267 g/mol. The van der Waals surface area contributed by atoms with Crippen molar-refractivity contribution in [3.63, 3.8) is 0 Å². The molecule has 0 aliphatic carbocycles. The Hall–Kier alpha value is -1.74. The fourth-order valence-electron chi connectivity index (χ4n) is 2.99. The van der Waals surface area contributed by atoms with E-state index in [4.69, 9.17) is 9.97 Å². The molecule has 0 radical (unpaired) electrons. The molecule has 0 amide bonds. The van der Waals surface area contributed by atoms with E-state index in [0.717, 1.165) is 29.3 Å². The number of hydrogen-bond acceptors (Lipinski definition) is 3. The average Bonchev–Trinajstić information content (AvgIpc) is 2.92. The lowest BCUT2D eigenvalue weighted by atomic mass is 10.0. The summed E-state index contributed by atoms with van der Waals surface area (Å²) < 4.78 is 0. The Labute approximate surface area is 120 Å². The van der Waals surface area contributed by atoms with Crippen LogP contribution in [0, 0.1) is 20.8 Å². The van der Waals surface area contributed by atoms with Crippen LogP contribution in [0.1, 0.15) is 41.4 Å². The molecular weight excluding hydrogens is 246 g/mol. The Balaban J connectivity index is 2.00. The first-order valence-corrected chi connectivity index (χ1v) is 7.30. The van der Waals surface area contributed by atoms with E-state index in [9.17, 15) is 0 Å². The molecule has 1 N–H and O–H groups in total. The summed E-state index contributed by atoms with van der Waals surface area (Å²) in [4.78, 5) is 9.45.